The maximum absolute atomic E-state index is 4.40. The Hall–Kier alpha value is -1.43. The van der Waals surface area contributed by atoms with E-state index in [2.05, 4.69) is 43.2 Å². The molecule has 2 aromatic heterocycles. The normalized spacial score (nSPS) is 10.5. The molecule has 2 aromatic rings. The summed E-state index contributed by atoms with van der Waals surface area (Å²) in [5.41, 5.74) is 2.31. The molecule has 0 saturated carbocycles. The van der Waals surface area contributed by atoms with Gasteiger partial charge in [-0.2, -0.15) is 5.10 Å². The second-order valence-corrected chi connectivity index (χ2v) is 4.56. The molecule has 0 spiro atoms. The second-order valence-electron chi connectivity index (χ2n) is 3.70. The van der Waals surface area contributed by atoms with Gasteiger partial charge in [0.05, 0.1) is 10.2 Å². The van der Waals surface area contributed by atoms with E-state index in [0.717, 1.165) is 22.4 Å². The lowest BCUT2D eigenvalue weighted by molar-refractivity contribution is 0.746. The van der Waals surface area contributed by atoms with Crippen molar-refractivity contribution in [3.05, 3.63) is 34.5 Å². The first kappa shape index (κ1) is 12.0. The molecule has 0 amide bonds. The molecule has 0 bridgehead atoms. The minimum absolute atomic E-state index is 0.715. The number of anilines is 1. The summed E-state index contributed by atoms with van der Waals surface area (Å²) in [6, 6.07) is 0. The predicted molar refractivity (Wildman–Crippen MR) is 69.6 cm³/mol. The van der Waals surface area contributed by atoms with Crippen LogP contribution < -0.4 is 5.32 Å². The molecule has 6 heteroatoms. The van der Waals surface area contributed by atoms with E-state index in [-0.39, 0.29) is 0 Å². The summed E-state index contributed by atoms with van der Waals surface area (Å²) in [7, 11) is 1.93. The highest BCUT2D eigenvalue weighted by molar-refractivity contribution is 9.10. The van der Waals surface area contributed by atoms with Crippen LogP contribution in [-0.4, -0.2) is 19.7 Å². The molecule has 2 heterocycles. The van der Waals surface area contributed by atoms with Crippen molar-refractivity contribution in [3.63, 3.8) is 0 Å². The number of aryl methyl sites for hydroxylation is 2. The number of rotatable bonds is 4. The number of hydrogen-bond acceptors (Lipinski definition) is 4. The molecule has 0 atom stereocenters. The van der Waals surface area contributed by atoms with Crippen LogP contribution in [0.15, 0.2) is 23.2 Å². The highest BCUT2D eigenvalue weighted by atomic mass is 79.9. The van der Waals surface area contributed by atoms with Gasteiger partial charge in [0.25, 0.3) is 0 Å². The van der Waals surface area contributed by atoms with Gasteiger partial charge in [0.15, 0.2) is 0 Å². The fourth-order valence-electron chi connectivity index (χ4n) is 1.65. The van der Waals surface area contributed by atoms with Crippen molar-refractivity contribution in [2.75, 3.05) is 5.32 Å². The van der Waals surface area contributed by atoms with E-state index >= 15 is 0 Å². The SMILES string of the molecule is CCc1nn(C)cc1CNc1ncncc1Br. The Morgan fingerprint density at radius 2 is 2.29 bits per heavy atom. The molecule has 90 valence electrons. The first-order valence-electron chi connectivity index (χ1n) is 5.41. The standard InChI is InChI=1S/C11H14BrN5/c1-3-10-8(6-17(2)16-10)4-14-11-9(12)5-13-7-15-11/h5-7H,3-4H2,1-2H3,(H,13,14,15). The third kappa shape index (κ3) is 2.82. The van der Waals surface area contributed by atoms with Gasteiger partial charge in [-0.1, -0.05) is 6.92 Å². The van der Waals surface area contributed by atoms with Crippen molar-refractivity contribution >= 4 is 21.7 Å². The lowest BCUT2D eigenvalue weighted by Gasteiger charge is -2.06. The number of aromatic nitrogens is 4. The highest BCUT2D eigenvalue weighted by Crippen LogP contribution is 2.18. The molecule has 0 aliphatic carbocycles. The Morgan fingerprint density at radius 3 is 3.00 bits per heavy atom. The van der Waals surface area contributed by atoms with E-state index in [1.807, 2.05) is 17.9 Å². The summed E-state index contributed by atoms with van der Waals surface area (Å²) in [5, 5.41) is 7.66. The average molecular weight is 296 g/mol. The fraction of sp³-hybridized carbons (Fsp3) is 0.364. The van der Waals surface area contributed by atoms with Crippen molar-refractivity contribution < 1.29 is 0 Å². The van der Waals surface area contributed by atoms with Gasteiger partial charge in [0, 0.05) is 31.5 Å². The summed E-state index contributed by atoms with van der Waals surface area (Å²) >= 11 is 3.40. The van der Waals surface area contributed by atoms with Crippen LogP contribution in [0.5, 0.6) is 0 Å². The van der Waals surface area contributed by atoms with E-state index in [1.54, 1.807) is 6.20 Å². The maximum atomic E-state index is 4.40. The van der Waals surface area contributed by atoms with Crippen LogP contribution in [0.4, 0.5) is 5.82 Å². The maximum Gasteiger partial charge on any atom is 0.144 e. The lowest BCUT2D eigenvalue weighted by atomic mass is 10.2. The molecule has 0 fully saturated rings. The zero-order valence-corrected chi connectivity index (χ0v) is 11.4. The molecule has 0 saturated heterocycles. The van der Waals surface area contributed by atoms with Crippen molar-refractivity contribution in [3.8, 4) is 0 Å². The molecule has 2 rings (SSSR count). The van der Waals surface area contributed by atoms with E-state index in [4.69, 9.17) is 0 Å². The molecule has 0 aromatic carbocycles. The zero-order chi connectivity index (χ0) is 12.3. The van der Waals surface area contributed by atoms with Crippen LogP contribution in [-0.2, 0) is 20.0 Å². The van der Waals surface area contributed by atoms with Gasteiger partial charge in [0.2, 0.25) is 0 Å². The van der Waals surface area contributed by atoms with Crippen molar-refractivity contribution in [2.45, 2.75) is 19.9 Å². The van der Waals surface area contributed by atoms with Crippen molar-refractivity contribution in [1.82, 2.24) is 19.7 Å². The Balaban J connectivity index is 2.09. The Morgan fingerprint density at radius 1 is 1.47 bits per heavy atom. The summed E-state index contributed by atoms with van der Waals surface area (Å²) in [6.07, 6.45) is 6.21. The smallest absolute Gasteiger partial charge is 0.144 e. The van der Waals surface area contributed by atoms with Crippen molar-refractivity contribution in [1.29, 1.82) is 0 Å². The molecule has 0 aliphatic rings. The van der Waals surface area contributed by atoms with Gasteiger partial charge in [-0.25, -0.2) is 9.97 Å². The minimum Gasteiger partial charge on any atom is -0.365 e. The third-order valence-electron chi connectivity index (χ3n) is 2.44. The molecule has 5 nitrogen and oxygen atoms in total. The average Bonchev–Trinajstić information content (AvgIpc) is 2.69. The number of nitrogens with zero attached hydrogens (tertiary/aromatic N) is 4. The Labute approximate surface area is 108 Å². The largest absolute Gasteiger partial charge is 0.365 e. The Bertz CT molecular complexity index is 508. The van der Waals surface area contributed by atoms with Crippen LogP contribution in [0.3, 0.4) is 0 Å². The molecular formula is C11H14BrN5. The first-order chi connectivity index (χ1) is 8.20. The van der Waals surface area contributed by atoms with E-state index < -0.39 is 0 Å². The second kappa shape index (κ2) is 5.27. The fourth-order valence-corrected chi connectivity index (χ4v) is 2.01. The number of nitrogens with one attached hydrogen (secondary N) is 1. The molecule has 17 heavy (non-hydrogen) atoms. The molecule has 0 radical (unpaired) electrons. The monoisotopic (exact) mass is 295 g/mol. The molecule has 0 unspecified atom stereocenters. The van der Waals surface area contributed by atoms with Crippen LogP contribution in [0.2, 0.25) is 0 Å². The van der Waals surface area contributed by atoms with Gasteiger partial charge in [-0.3, -0.25) is 4.68 Å². The summed E-state index contributed by atoms with van der Waals surface area (Å²) in [4.78, 5) is 8.08. The molecular weight excluding hydrogens is 282 g/mol. The first-order valence-corrected chi connectivity index (χ1v) is 6.20. The zero-order valence-electron chi connectivity index (χ0n) is 9.81. The summed E-state index contributed by atoms with van der Waals surface area (Å²) in [5.74, 6) is 0.797. The van der Waals surface area contributed by atoms with Gasteiger partial charge in [-0.05, 0) is 22.4 Å². The Kier molecular flexibility index (Phi) is 3.73. The van der Waals surface area contributed by atoms with Gasteiger partial charge in [0.1, 0.15) is 12.1 Å². The van der Waals surface area contributed by atoms with Crippen LogP contribution in [0.25, 0.3) is 0 Å². The van der Waals surface area contributed by atoms with E-state index in [1.165, 1.54) is 11.9 Å². The topological polar surface area (TPSA) is 55.6 Å². The molecule has 0 aliphatic heterocycles. The molecule has 1 N–H and O–H groups in total. The summed E-state index contributed by atoms with van der Waals surface area (Å²) < 4.78 is 2.70. The van der Waals surface area contributed by atoms with Crippen LogP contribution in [0, 0.1) is 0 Å². The minimum atomic E-state index is 0.715. The van der Waals surface area contributed by atoms with Gasteiger partial charge >= 0.3 is 0 Å². The predicted octanol–water partition coefficient (Wildman–Crippen LogP) is 2.15. The number of hydrogen-bond donors (Lipinski definition) is 1. The highest BCUT2D eigenvalue weighted by Gasteiger charge is 2.06. The van der Waals surface area contributed by atoms with E-state index in [0.29, 0.717) is 6.54 Å². The third-order valence-corrected chi connectivity index (χ3v) is 3.02. The number of halogens is 1. The van der Waals surface area contributed by atoms with Gasteiger partial charge < -0.3 is 5.32 Å². The van der Waals surface area contributed by atoms with Crippen molar-refractivity contribution in [2.24, 2.45) is 7.05 Å². The van der Waals surface area contributed by atoms with Crippen LogP contribution in [0.1, 0.15) is 18.2 Å². The van der Waals surface area contributed by atoms with Crippen LogP contribution >= 0.6 is 15.9 Å². The quantitative estimate of drug-likeness (QED) is 0.939. The summed E-state index contributed by atoms with van der Waals surface area (Å²) in [6.45, 7) is 2.82. The van der Waals surface area contributed by atoms with Gasteiger partial charge in [-0.15, -0.1) is 0 Å². The van der Waals surface area contributed by atoms with E-state index in [9.17, 15) is 0 Å². The lowest BCUT2D eigenvalue weighted by Crippen LogP contribution is -2.03.